The Balaban J connectivity index is 3.25. The van der Waals surface area contributed by atoms with Gasteiger partial charge in [-0.05, 0) is 36.5 Å². The van der Waals surface area contributed by atoms with Gasteiger partial charge in [0, 0.05) is 26.4 Å². The molecule has 7 heteroatoms. The first-order chi connectivity index (χ1) is 13.5. The van der Waals surface area contributed by atoms with Crippen molar-refractivity contribution in [3.63, 3.8) is 0 Å². The highest BCUT2D eigenvalue weighted by Gasteiger charge is 2.16. The quantitative estimate of drug-likeness (QED) is 0.259. The van der Waals surface area contributed by atoms with Crippen molar-refractivity contribution >= 4 is 0 Å². The van der Waals surface area contributed by atoms with Crippen LogP contribution in [0.4, 0.5) is 0 Å². The Labute approximate surface area is 179 Å². The lowest BCUT2D eigenvalue weighted by atomic mass is 9.91. The fraction of sp³-hybridized carbons (Fsp3) is 1.00. The molecule has 4 N–H and O–H groups in total. The summed E-state index contributed by atoms with van der Waals surface area (Å²) in [4.78, 5) is 0. The monoisotopic (exact) mass is 420 g/mol. The van der Waals surface area contributed by atoms with Crippen molar-refractivity contribution in [2.24, 2.45) is 22.3 Å². The van der Waals surface area contributed by atoms with Crippen LogP contribution in [0.3, 0.4) is 0 Å². The minimum atomic E-state index is -0.226. The molecular weight excluding hydrogens is 372 g/mol. The van der Waals surface area contributed by atoms with E-state index in [2.05, 4.69) is 41.5 Å². The molecular formula is C22H48N2O5. The highest BCUT2D eigenvalue weighted by atomic mass is 16.5. The minimum Gasteiger partial charge on any atom is -0.381 e. The molecule has 2 unspecified atom stereocenters. The first-order valence-electron chi connectivity index (χ1n) is 11.0. The van der Waals surface area contributed by atoms with Crippen LogP contribution in [0.15, 0.2) is 0 Å². The number of nitrogens with two attached hydrogens (primary N) is 2. The molecule has 0 saturated carbocycles. The average molecular weight is 421 g/mol. The Morgan fingerprint density at radius 1 is 0.517 bits per heavy atom. The summed E-state index contributed by atoms with van der Waals surface area (Å²) in [7, 11) is 0. The Kier molecular flexibility index (Phi) is 16.3. The van der Waals surface area contributed by atoms with Crippen LogP contribution < -0.4 is 11.5 Å². The summed E-state index contributed by atoms with van der Waals surface area (Å²) in [5, 5.41) is 0. The molecule has 0 aliphatic heterocycles. The van der Waals surface area contributed by atoms with Gasteiger partial charge in [0.2, 0.25) is 0 Å². The highest BCUT2D eigenvalue weighted by Crippen LogP contribution is 2.20. The second-order valence-corrected chi connectivity index (χ2v) is 9.89. The molecule has 0 rings (SSSR count). The van der Waals surface area contributed by atoms with Crippen molar-refractivity contribution in [3.05, 3.63) is 0 Å². The maximum atomic E-state index is 5.92. The Bertz CT molecular complexity index is 335. The number of rotatable bonds is 18. The largest absolute Gasteiger partial charge is 0.381 e. The van der Waals surface area contributed by atoms with E-state index in [0.29, 0.717) is 52.9 Å². The zero-order valence-corrected chi connectivity index (χ0v) is 19.8. The van der Waals surface area contributed by atoms with Crippen LogP contribution in [0.25, 0.3) is 0 Å². The minimum absolute atomic E-state index is 0.177. The van der Waals surface area contributed by atoms with Crippen molar-refractivity contribution in [3.8, 4) is 0 Å². The summed E-state index contributed by atoms with van der Waals surface area (Å²) < 4.78 is 27.7. The van der Waals surface area contributed by atoms with E-state index in [-0.39, 0.29) is 23.3 Å². The third-order valence-corrected chi connectivity index (χ3v) is 3.90. The Morgan fingerprint density at radius 2 is 0.828 bits per heavy atom. The number of hydrogen-bond donors (Lipinski definition) is 2. The van der Waals surface area contributed by atoms with Gasteiger partial charge in [-0.25, -0.2) is 0 Å². The lowest BCUT2D eigenvalue weighted by molar-refractivity contribution is -0.0157. The molecule has 0 radical (unpaired) electrons. The molecule has 0 amide bonds. The van der Waals surface area contributed by atoms with Crippen LogP contribution in [0.2, 0.25) is 0 Å². The molecule has 0 heterocycles. The maximum Gasteiger partial charge on any atom is 0.106 e. The smallest absolute Gasteiger partial charge is 0.106 e. The SMILES string of the molecule is CC(C)(C)CC(N)OCCOCCCOCCCOCCOC(N)CC(C)(C)C. The lowest BCUT2D eigenvalue weighted by Crippen LogP contribution is -2.30. The molecule has 0 aliphatic carbocycles. The van der Waals surface area contributed by atoms with Gasteiger partial charge < -0.3 is 35.2 Å². The van der Waals surface area contributed by atoms with Gasteiger partial charge in [0.25, 0.3) is 0 Å². The maximum absolute atomic E-state index is 5.92. The van der Waals surface area contributed by atoms with E-state index >= 15 is 0 Å². The molecule has 0 bridgehead atoms. The number of ether oxygens (including phenoxy) is 5. The number of hydrogen-bond acceptors (Lipinski definition) is 7. The van der Waals surface area contributed by atoms with Gasteiger partial charge in [0.05, 0.1) is 26.4 Å². The van der Waals surface area contributed by atoms with Crippen molar-refractivity contribution in [1.29, 1.82) is 0 Å². The third kappa shape index (κ3) is 23.9. The van der Waals surface area contributed by atoms with Crippen molar-refractivity contribution in [2.75, 3.05) is 52.9 Å². The van der Waals surface area contributed by atoms with E-state index < -0.39 is 0 Å². The van der Waals surface area contributed by atoms with Crippen LogP contribution in [-0.2, 0) is 23.7 Å². The molecule has 2 atom stereocenters. The summed E-state index contributed by atoms with van der Waals surface area (Å²) in [6.45, 7) is 17.8. The van der Waals surface area contributed by atoms with Gasteiger partial charge in [0.1, 0.15) is 12.5 Å². The van der Waals surface area contributed by atoms with Gasteiger partial charge in [-0.1, -0.05) is 41.5 Å². The normalized spacial score (nSPS) is 14.9. The van der Waals surface area contributed by atoms with Crippen LogP contribution >= 0.6 is 0 Å². The summed E-state index contributed by atoms with van der Waals surface area (Å²) in [5.41, 5.74) is 12.2. The van der Waals surface area contributed by atoms with E-state index in [9.17, 15) is 0 Å². The zero-order valence-electron chi connectivity index (χ0n) is 19.8. The second kappa shape index (κ2) is 16.4. The summed E-state index contributed by atoms with van der Waals surface area (Å²) in [5.74, 6) is 0. The Morgan fingerprint density at radius 3 is 1.14 bits per heavy atom. The van der Waals surface area contributed by atoms with E-state index in [0.717, 1.165) is 25.7 Å². The summed E-state index contributed by atoms with van der Waals surface area (Å²) in [6, 6.07) is 0. The third-order valence-electron chi connectivity index (χ3n) is 3.90. The first-order valence-corrected chi connectivity index (χ1v) is 11.0. The summed E-state index contributed by atoms with van der Waals surface area (Å²) in [6.07, 6.45) is 2.96. The standard InChI is InChI=1S/C22H48N2O5/c1-21(2,3)17-19(23)28-15-13-26-11-7-9-25-10-8-12-27-14-16-29-20(24)18-22(4,5)6/h19-20H,7-18,23-24H2,1-6H3. The molecule has 7 nitrogen and oxygen atoms in total. The molecule has 176 valence electrons. The topological polar surface area (TPSA) is 98.2 Å². The van der Waals surface area contributed by atoms with Gasteiger partial charge in [-0.15, -0.1) is 0 Å². The average Bonchev–Trinajstić information content (AvgIpc) is 2.55. The second-order valence-electron chi connectivity index (χ2n) is 9.89. The fourth-order valence-electron chi connectivity index (χ4n) is 2.67. The van der Waals surface area contributed by atoms with Gasteiger partial charge in [-0.3, -0.25) is 0 Å². The predicted octanol–water partition coefficient (Wildman–Crippen LogP) is 3.29. The molecule has 0 fully saturated rings. The molecule has 0 aromatic rings. The van der Waals surface area contributed by atoms with Gasteiger partial charge in [0.15, 0.2) is 0 Å². The Hall–Kier alpha value is -0.280. The van der Waals surface area contributed by atoms with Crippen molar-refractivity contribution < 1.29 is 23.7 Å². The molecule has 0 aliphatic rings. The van der Waals surface area contributed by atoms with Crippen molar-refractivity contribution in [2.45, 2.75) is 79.7 Å². The van der Waals surface area contributed by atoms with Crippen LogP contribution in [0, 0.1) is 10.8 Å². The fourth-order valence-corrected chi connectivity index (χ4v) is 2.67. The van der Waals surface area contributed by atoms with E-state index in [1.54, 1.807) is 0 Å². The van der Waals surface area contributed by atoms with Gasteiger partial charge in [-0.2, -0.15) is 0 Å². The molecule has 0 aromatic heterocycles. The summed E-state index contributed by atoms with van der Waals surface area (Å²) >= 11 is 0. The van der Waals surface area contributed by atoms with Gasteiger partial charge >= 0.3 is 0 Å². The van der Waals surface area contributed by atoms with Crippen LogP contribution in [0.1, 0.15) is 67.2 Å². The molecule has 29 heavy (non-hydrogen) atoms. The molecule has 0 saturated heterocycles. The van der Waals surface area contributed by atoms with Crippen molar-refractivity contribution in [1.82, 2.24) is 0 Å². The highest BCUT2D eigenvalue weighted by molar-refractivity contribution is 4.65. The molecule has 0 aromatic carbocycles. The van der Waals surface area contributed by atoms with E-state index in [1.165, 1.54) is 0 Å². The zero-order chi connectivity index (χ0) is 22.2. The van der Waals surface area contributed by atoms with Crippen LogP contribution in [-0.4, -0.2) is 65.3 Å². The van der Waals surface area contributed by atoms with E-state index in [1.807, 2.05) is 0 Å². The van der Waals surface area contributed by atoms with E-state index in [4.69, 9.17) is 35.2 Å². The van der Waals surface area contributed by atoms with Crippen LogP contribution in [0.5, 0.6) is 0 Å². The predicted molar refractivity (Wildman–Crippen MR) is 118 cm³/mol. The lowest BCUT2D eigenvalue weighted by Gasteiger charge is -2.23. The molecule has 0 spiro atoms. The first kappa shape index (κ1) is 28.7.